The van der Waals surface area contributed by atoms with Crippen molar-refractivity contribution < 1.29 is 24.2 Å². The van der Waals surface area contributed by atoms with Gasteiger partial charge in [-0.3, -0.25) is 14.5 Å². The number of nitrogens with zero attached hydrogens (tertiary/aromatic N) is 2. The molecule has 37 heavy (non-hydrogen) atoms. The Balaban J connectivity index is 1.73. The first-order valence-electron chi connectivity index (χ1n) is 11.5. The van der Waals surface area contributed by atoms with E-state index in [0.29, 0.717) is 32.8 Å². The Morgan fingerprint density at radius 3 is 2.43 bits per heavy atom. The average Bonchev–Trinajstić information content (AvgIpc) is 3.45. The molecule has 1 fully saturated rings. The number of carbonyl (C=O) groups is 2. The van der Waals surface area contributed by atoms with Crippen LogP contribution in [0.5, 0.6) is 11.5 Å². The number of thiazole rings is 1. The van der Waals surface area contributed by atoms with Crippen LogP contribution < -0.4 is 14.4 Å². The van der Waals surface area contributed by atoms with E-state index in [2.05, 4.69) is 11.9 Å². The van der Waals surface area contributed by atoms with E-state index in [1.165, 1.54) is 30.5 Å². The number of carbonyl (C=O) groups excluding carboxylic acids is 2. The van der Waals surface area contributed by atoms with E-state index >= 15 is 0 Å². The highest BCUT2D eigenvalue weighted by Crippen LogP contribution is 2.46. The molecule has 0 unspecified atom stereocenters. The van der Waals surface area contributed by atoms with E-state index in [9.17, 15) is 14.7 Å². The second-order valence-electron chi connectivity index (χ2n) is 8.44. The van der Waals surface area contributed by atoms with E-state index in [1.807, 2.05) is 18.2 Å². The van der Waals surface area contributed by atoms with E-state index in [4.69, 9.17) is 21.1 Å². The number of methoxy groups -OCH3 is 2. The van der Waals surface area contributed by atoms with Gasteiger partial charge in [0.15, 0.2) is 16.6 Å². The molecule has 0 saturated carbocycles. The summed E-state index contributed by atoms with van der Waals surface area (Å²) in [6.45, 7) is 2.06. The van der Waals surface area contributed by atoms with Gasteiger partial charge in [0.1, 0.15) is 5.76 Å². The van der Waals surface area contributed by atoms with Crippen molar-refractivity contribution in [3.63, 3.8) is 0 Å². The van der Waals surface area contributed by atoms with Crippen molar-refractivity contribution in [2.75, 3.05) is 19.1 Å². The summed E-state index contributed by atoms with van der Waals surface area (Å²) in [4.78, 5) is 32.9. The van der Waals surface area contributed by atoms with Gasteiger partial charge in [-0.25, -0.2) is 4.98 Å². The smallest absolute Gasteiger partial charge is 0.301 e. The van der Waals surface area contributed by atoms with E-state index in [0.717, 1.165) is 22.2 Å². The molecular weight excluding hydrogens is 512 g/mol. The van der Waals surface area contributed by atoms with Crippen LogP contribution in [0.3, 0.4) is 0 Å². The molecule has 0 radical (unpaired) electrons. The van der Waals surface area contributed by atoms with Gasteiger partial charge in [0, 0.05) is 10.6 Å². The summed E-state index contributed by atoms with van der Waals surface area (Å²) in [5, 5.41) is 12.1. The van der Waals surface area contributed by atoms with Gasteiger partial charge in [0.25, 0.3) is 5.78 Å². The third-order valence-electron chi connectivity index (χ3n) is 6.34. The number of aliphatic hydroxyl groups is 1. The third-order valence-corrected chi connectivity index (χ3v) is 7.61. The molecule has 2 heterocycles. The van der Waals surface area contributed by atoms with Crippen LogP contribution in [0.2, 0.25) is 5.02 Å². The number of ketones is 1. The Morgan fingerprint density at radius 2 is 1.76 bits per heavy atom. The zero-order valence-corrected chi connectivity index (χ0v) is 21.9. The van der Waals surface area contributed by atoms with Crippen LogP contribution in [0.15, 0.2) is 66.2 Å². The van der Waals surface area contributed by atoms with Crippen molar-refractivity contribution in [1.29, 1.82) is 0 Å². The summed E-state index contributed by atoms with van der Waals surface area (Å²) in [7, 11) is 3.03. The fourth-order valence-electron chi connectivity index (χ4n) is 4.41. The van der Waals surface area contributed by atoms with Crippen LogP contribution in [0.4, 0.5) is 5.13 Å². The molecule has 188 valence electrons. The van der Waals surface area contributed by atoms with Gasteiger partial charge in [-0.2, -0.15) is 0 Å². The number of hydrogen-bond acceptors (Lipinski definition) is 7. The Bertz CT molecular complexity index is 1560. The normalized spacial score (nSPS) is 17.0. The number of benzene rings is 3. The number of aliphatic hydroxyl groups excluding tert-OH is 1. The monoisotopic (exact) mass is 534 g/mol. The lowest BCUT2D eigenvalue weighted by molar-refractivity contribution is -0.132. The number of aryl methyl sites for hydroxylation is 1. The SMILES string of the molecule is CCc1ccc2nc(N3C(=O)C(=O)C(=C(O)c4ccc(Cl)cc4)[C@H]3c3ccc(OC)c(OC)c3)sc2c1. The maximum absolute atomic E-state index is 13.5. The molecule has 0 spiro atoms. The molecule has 1 amide bonds. The molecule has 9 heteroatoms. The van der Waals surface area contributed by atoms with Crippen LogP contribution >= 0.6 is 22.9 Å². The van der Waals surface area contributed by atoms with Gasteiger partial charge in [-0.15, -0.1) is 0 Å². The predicted octanol–water partition coefficient (Wildman–Crippen LogP) is 6.16. The fourth-order valence-corrected chi connectivity index (χ4v) is 5.59. The number of fused-ring (bicyclic) bond motifs is 1. The van der Waals surface area contributed by atoms with E-state index in [-0.39, 0.29) is 11.3 Å². The first-order chi connectivity index (χ1) is 17.9. The zero-order chi connectivity index (χ0) is 26.3. The second-order valence-corrected chi connectivity index (χ2v) is 9.89. The Morgan fingerprint density at radius 1 is 1.03 bits per heavy atom. The predicted molar refractivity (Wildman–Crippen MR) is 145 cm³/mol. The topological polar surface area (TPSA) is 89.0 Å². The highest BCUT2D eigenvalue weighted by atomic mass is 35.5. The minimum Gasteiger partial charge on any atom is -0.507 e. The Kier molecular flexibility index (Phi) is 6.62. The largest absolute Gasteiger partial charge is 0.507 e. The van der Waals surface area contributed by atoms with Crippen LogP contribution in [0, 0.1) is 0 Å². The van der Waals surface area contributed by atoms with Crippen LogP contribution in [-0.4, -0.2) is 36.0 Å². The van der Waals surface area contributed by atoms with E-state index < -0.39 is 17.7 Å². The average molecular weight is 535 g/mol. The lowest BCUT2D eigenvalue weighted by atomic mass is 9.95. The number of hydrogen-bond donors (Lipinski definition) is 1. The van der Waals surface area contributed by atoms with Gasteiger partial charge in [0.05, 0.1) is 36.1 Å². The molecule has 1 aliphatic rings. The van der Waals surface area contributed by atoms with Gasteiger partial charge in [0.2, 0.25) is 0 Å². The summed E-state index contributed by atoms with van der Waals surface area (Å²) in [6.07, 6.45) is 0.862. The molecule has 1 aliphatic heterocycles. The molecule has 1 atom stereocenters. The van der Waals surface area contributed by atoms with Crippen LogP contribution in [0.25, 0.3) is 16.0 Å². The first-order valence-corrected chi connectivity index (χ1v) is 12.7. The lowest BCUT2D eigenvalue weighted by Gasteiger charge is -2.23. The van der Waals surface area contributed by atoms with Crippen LogP contribution in [0.1, 0.15) is 29.7 Å². The van der Waals surface area contributed by atoms with Crippen LogP contribution in [-0.2, 0) is 16.0 Å². The summed E-state index contributed by atoms with van der Waals surface area (Å²) in [5.74, 6) is -0.959. The molecule has 4 aromatic rings. The highest BCUT2D eigenvalue weighted by Gasteiger charge is 2.48. The number of rotatable bonds is 6. The number of aromatic nitrogens is 1. The standard InChI is InChI=1S/C28H23ClN2O5S/c1-4-15-5-11-19-22(13-15)37-28(30-19)31-24(17-8-12-20(35-2)21(14-17)36-3)23(26(33)27(31)34)25(32)16-6-9-18(29)10-7-16/h5-14,24,32H,4H2,1-3H3/t24-/m1/s1. The zero-order valence-electron chi connectivity index (χ0n) is 20.3. The maximum atomic E-state index is 13.5. The second kappa shape index (κ2) is 9.88. The Labute approximate surface area is 222 Å². The first kappa shape index (κ1) is 24.8. The number of anilines is 1. The van der Waals surface area contributed by atoms with Gasteiger partial charge < -0.3 is 14.6 Å². The summed E-state index contributed by atoms with van der Waals surface area (Å²) < 4.78 is 11.7. The molecule has 1 aromatic heterocycles. The molecule has 1 N–H and O–H groups in total. The van der Waals surface area contributed by atoms with Gasteiger partial charge >= 0.3 is 5.91 Å². The van der Waals surface area contributed by atoms with Crippen molar-refractivity contribution in [2.45, 2.75) is 19.4 Å². The highest BCUT2D eigenvalue weighted by molar-refractivity contribution is 7.22. The maximum Gasteiger partial charge on any atom is 0.301 e. The minimum absolute atomic E-state index is 0.0481. The van der Waals surface area contributed by atoms with E-state index in [1.54, 1.807) is 42.5 Å². The van der Waals surface area contributed by atoms with Crippen molar-refractivity contribution >= 4 is 55.7 Å². The lowest BCUT2D eigenvalue weighted by Crippen LogP contribution is -2.29. The third kappa shape index (κ3) is 4.32. The fraction of sp³-hybridized carbons (Fsp3) is 0.179. The van der Waals surface area contributed by atoms with Crippen molar-refractivity contribution in [3.05, 3.63) is 87.9 Å². The summed E-state index contributed by atoms with van der Waals surface area (Å²) in [6, 6.07) is 16.5. The Hall–Kier alpha value is -3.88. The van der Waals surface area contributed by atoms with Crippen molar-refractivity contribution in [3.8, 4) is 11.5 Å². The molecule has 1 saturated heterocycles. The number of amides is 1. The molecular formula is C28H23ClN2O5S. The quantitative estimate of drug-likeness (QED) is 0.181. The number of Topliss-reactive ketones (excluding diaryl/α,β-unsaturated/α-hetero) is 1. The molecule has 0 bridgehead atoms. The number of ether oxygens (including phenoxy) is 2. The van der Waals surface area contributed by atoms with Gasteiger partial charge in [-0.1, -0.05) is 42.0 Å². The minimum atomic E-state index is -0.943. The molecule has 3 aromatic carbocycles. The molecule has 7 nitrogen and oxygen atoms in total. The number of halogens is 1. The van der Waals surface area contributed by atoms with Crippen molar-refractivity contribution in [1.82, 2.24) is 4.98 Å². The van der Waals surface area contributed by atoms with Gasteiger partial charge in [-0.05, 0) is 66.1 Å². The summed E-state index contributed by atoms with van der Waals surface area (Å²) >= 11 is 7.34. The summed E-state index contributed by atoms with van der Waals surface area (Å²) in [5.41, 5.74) is 2.74. The van der Waals surface area contributed by atoms with Crippen molar-refractivity contribution in [2.24, 2.45) is 0 Å². The molecule has 5 rings (SSSR count). The molecule has 0 aliphatic carbocycles.